The van der Waals surface area contributed by atoms with E-state index in [2.05, 4.69) is 48.0 Å². The van der Waals surface area contributed by atoms with Crippen LogP contribution in [0.2, 0.25) is 0 Å². The number of nitrogens with zero attached hydrogens (tertiary/aromatic N) is 6. The van der Waals surface area contributed by atoms with Gasteiger partial charge in [-0.15, -0.1) is 0 Å². The third-order valence-electron chi connectivity index (χ3n) is 7.40. The molecule has 0 atom stereocenters. The number of aryl methyl sites for hydroxylation is 2. The van der Waals surface area contributed by atoms with E-state index in [1.165, 1.54) is 0 Å². The summed E-state index contributed by atoms with van der Waals surface area (Å²) in [5.74, 6) is 0.849. The summed E-state index contributed by atoms with van der Waals surface area (Å²) in [6, 6.07) is 15.7. The van der Waals surface area contributed by atoms with Crippen LogP contribution in [0.3, 0.4) is 0 Å². The molecule has 11 heteroatoms. The number of hydrogen-bond donors (Lipinski definition) is 1. The van der Waals surface area contributed by atoms with Gasteiger partial charge in [-0.2, -0.15) is 10.1 Å². The number of rotatable bonds is 9. The molecule has 0 saturated heterocycles. The lowest BCUT2D eigenvalue weighted by Gasteiger charge is -2.25. The molecule has 0 radical (unpaired) electrons. The van der Waals surface area contributed by atoms with Gasteiger partial charge < -0.3 is 4.84 Å². The van der Waals surface area contributed by atoms with Gasteiger partial charge in [0.2, 0.25) is 5.78 Å². The van der Waals surface area contributed by atoms with E-state index >= 15 is 0 Å². The number of aromatic nitrogens is 6. The summed E-state index contributed by atoms with van der Waals surface area (Å²) >= 11 is 0. The molecule has 0 fully saturated rings. The Morgan fingerprint density at radius 3 is 2.29 bits per heavy atom. The highest BCUT2D eigenvalue weighted by Gasteiger charge is 2.26. The number of nitrogens with one attached hydrogen (secondary N) is 1. The van der Waals surface area contributed by atoms with Crippen LogP contribution in [0.1, 0.15) is 77.5 Å². The molecule has 0 unspecified atom stereocenters. The van der Waals surface area contributed by atoms with Gasteiger partial charge in [0.05, 0.1) is 18.0 Å². The molecule has 0 amide bonds. The number of benzene rings is 2. The smallest absolute Gasteiger partial charge is 0.390 e. The lowest BCUT2D eigenvalue weighted by Crippen LogP contribution is -2.35. The number of aromatic amines is 1. The summed E-state index contributed by atoms with van der Waals surface area (Å²) in [6.07, 6.45) is 1.94. The minimum absolute atomic E-state index is 0.115. The fourth-order valence-electron chi connectivity index (χ4n) is 5.12. The second-order valence-corrected chi connectivity index (χ2v) is 13.3. The van der Waals surface area contributed by atoms with Crippen molar-refractivity contribution in [1.82, 2.24) is 29.3 Å². The molecule has 3 heterocycles. The first kappa shape index (κ1) is 31.6. The molecule has 2 aromatic carbocycles. The molecule has 0 bridgehead atoms. The summed E-state index contributed by atoms with van der Waals surface area (Å²) in [6.45, 7) is 16.2. The summed E-state index contributed by atoms with van der Waals surface area (Å²) in [5, 5.41) is 13.1. The molecule has 5 rings (SSSR count). The van der Waals surface area contributed by atoms with Crippen LogP contribution in [0.25, 0.3) is 28.3 Å². The maximum absolute atomic E-state index is 14.4. The number of oxime groups is 1. The Hall–Kier alpha value is -4.80. The van der Waals surface area contributed by atoms with E-state index in [0.29, 0.717) is 35.8 Å². The van der Waals surface area contributed by atoms with Crippen molar-refractivity contribution in [3.05, 3.63) is 92.1 Å². The number of fused-ring (bicyclic) bond motifs is 1. The molecular formula is C34H41N7O4. The third-order valence-corrected chi connectivity index (χ3v) is 7.40. The molecule has 5 aromatic rings. The summed E-state index contributed by atoms with van der Waals surface area (Å²) < 4.78 is 8.23. The topological polar surface area (TPSA) is 133 Å². The van der Waals surface area contributed by atoms with Crippen molar-refractivity contribution in [2.75, 3.05) is 0 Å². The normalized spacial score (nSPS) is 12.7. The van der Waals surface area contributed by atoms with E-state index in [1.807, 2.05) is 80.7 Å². The fourth-order valence-corrected chi connectivity index (χ4v) is 5.12. The van der Waals surface area contributed by atoms with E-state index in [4.69, 9.17) is 14.5 Å². The van der Waals surface area contributed by atoms with E-state index < -0.39 is 11.4 Å². The van der Waals surface area contributed by atoms with Crippen LogP contribution in [0.15, 0.2) is 67.8 Å². The van der Waals surface area contributed by atoms with E-state index in [-0.39, 0.29) is 17.5 Å². The minimum Gasteiger partial charge on any atom is -0.390 e. The van der Waals surface area contributed by atoms with Gasteiger partial charge in [-0.1, -0.05) is 93.0 Å². The summed E-state index contributed by atoms with van der Waals surface area (Å²) in [7, 11) is 0. The van der Waals surface area contributed by atoms with Crippen LogP contribution in [-0.2, 0) is 24.2 Å². The van der Waals surface area contributed by atoms with Gasteiger partial charge in [0, 0.05) is 23.0 Å². The molecule has 11 nitrogen and oxygen atoms in total. The highest BCUT2D eigenvalue weighted by Crippen LogP contribution is 2.30. The zero-order chi connectivity index (χ0) is 32.5. The largest absolute Gasteiger partial charge is 0.439 e. The highest BCUT2D eigenvalue weighted by atomic mass is 16.6. The minimum atomic E-state index is -0.606. The SMILES string of the molecule is CCCc1c(Cc2ccc(-c3ccccc3-c3noc(=O)[nH]3)cc2)c(=O)n(C/C(=N\OC(C)(C)C)C(C)(C)C)c2nc(C)nn12. The van der Waals surface area contributed by atoms with Crippen molar-refractivity contribution in [2.45, 2.75) is 86.8 Å². The Labute approximate surface area is 262 Å². The van der Waals surface area contributed by atoms with Crippen molar-refractivity contribution in [1.29, 1.82) is 0 Å². The first-order valence-corrected chi connectivity index (χ1v) is 15.2. The lowest BCUT2D eigenvalue weighted by molar-refractivity contribution is -0.000987. The maximum atomic E-state index is 14.4. The zero-order valence-electron chi connectivity index (χ0n) is 27.3. The van der Waals surface area contributed by atoms with Gasteiger partial charge in [-0.05, 0) is 50.8 Å². The highest BCUT2D eigenvalue weighted by molar-refractivity contribution is 5.89. The molecular weight excluding hydrogens is 570 g/mol. The third kappa shape index (κ3) is 6.97. The predicted octanol–water partition coefficient (Wildman–Crippen LogP) is 5.97. The van der Waals surface area contributed by atoms with Gasteiger partial charge in [0.25, 0.3) is 5.56 Å². The van der Waals surface area contributed by atoms with E-state index in [0.717, 1.165) is 40.1 Å². The number of hydrogen-bond acceptors (Lipinski definition) is 8. The van der Waals surface area contributed by atoms with Gasteiger partial charge in [0.15, 0.2) is 5.82 Å². The Balaban J connectivity index is 1.58. The van der Waals surface area contributed by atoms with Crippen LogP contribution in [-0.4, -0.2) is 40.6 Å². The average Bonchev–Trinajstić information content (AvgIpc) is 3.58. The first-order chi connectivity index (χ1) is 21.2. The van der Waals surface area contributed by atoms with Gasteiger partial charge >= 0.3 is 5.76 Å². The maximum Gasteiger partial charge on any atom is 0.439 e. The molecule has 1 N–H and O–H groups in total. The Morgan fingerprint density at radius 1 is 1.00 bits per heavy atom. The van der Waals surface area contributed by atoms with Crippen LogP contribution in [0.5, 0.6) is 0 Å². The van der Waals surface area contributed by atoms with E-state index in [9.17, 15) is 9.59 Å². The Kier molecular flexibility index (Phi) is 8.64. The molecule has 3 aromatic heterocycles. The van der Waals surface area contributed by atoms with Gasteiger partial charge in [-0.25, -0.2) is 9.31 Å². The molecule has 236 valence electrons. The summed E-state index contributed by atoms with van der Waals surface area (Å²) in [4.78, 5) is 39.1. The second kappa shape index (κ2) is 12.3. The second-order valence-electron chi connectivity index (χ2n) is 13.3. The Bertz CT molecular complexity index is 1960. The van der Waals surface area contributed by atoms with Crippen molar-refractivity contribution >= 4 is 11.5 Å². The first-order valence-electron chi connectivity index (χ1n) is 15.2. The van der Waals surface area contributed by atoms with Crippen molar-refractivity contribution in [2.24, 2.45) is 10.6 Å². The predicted molar refractivity (Wildman–Crippen MR) is 175 cm³/mol. The van der Waals surface area contributed by atoms with Crippen molar-refractivity contribution in [3.63, 3.8) is 0 Å². The molecule has 0 aliphatic carbocycles. The quantitative estimate of drug-likeness (QED) is 0.160. The zero-order valence-corrected chi connectivity index (χ0v) is 27.3. The van der Waals surface area contributed by atoms with Gasteiger partial charge in [-0.3, -0.25) is 18.9 Å². The summed E-state index contributed by atoms with van der Waals surface area (Å²) in [5.41, 5.74) is 4.88. The molecule has 45 heavy (non-hydrogen) atoms. The van der Waals surface area contributed by atoms with Crippen molar-refractivity contribution in [3.8, 4) is 22.5 Å². The Morgan fingerprint density at radius 2 is 1.69 bits per heavy atom. The van der Waals surface area contributed by atoms with Crippen LogP contribution >= 0.6 is 0 Å². The lowest BCUT2D eigenvalue weighted by atomic mass is 9.90. The monoisotopic (exact) mass is 611 g/mol. The standard InChI is InChI=1S/C34H41N7O4/c1-9-12-27-26(19-22-15-17-23(18-16-22)24-13-10-11-14-25(24)29-36-32(43)44-39-29)30(42)40(31-35-21(2)37-41(27)31)20-28(33(3,4)5)38-45-34(6,7)8/h10-11,13-18H,9,12,19-20H2,1-8H3,(H,36,39,43)/b38-28+. The van der Waals surface area contributed by atoms with Crippen LogP contribution in [0.4, 0.5) is 0 Å². The molecule has 0 saturated carbocycles. The van der Waals surface area contributed by atoms with Gasteiger partial charge in [0.1, 0.15) is 11.4 Å². The van der Waals surface area contributed by atoms with E-state index in [1.54, 1.807) is 4.57 Å². The van der Waals surface area contributed by atoms with Crippen LogP contribution in [0, 0.1) is 12.3 Å². The van der Waals surface area contributed by atoms with Crippen LogP contribution < -0.4 is 11.3 Å². The fraction of sp³-hybridized carbons (Fsp3) is 0.412. The average molecular weight is 612 g/mol. The molecule has 0 spiro atoms. The molecule has 0 aliphatic heterocycles. The van der Waals surface area contributed by atoms with Crippen molar-refractivity contribution < 1.29 is 9.36 Å². The number of H-pyrrole nitrogens is 1. The molecule has 0 aliphatic rings.